The number of amides is 1. The van der Waals surface area contributed by atoms with Crippen LogP contribution in [0.2, 0.25) is 0 Å². The minimum atomic E-state index is -0.507. The maximum atomic E-state index is 10.6. The number of rotatable bonds is 6. The fraction of sp³-hybridized carbons (Fsp3) is 0.462. The Morgan fingerprint density at radius 2 is 1.94 bits per heavy atom. The van der Waals surface area contributed by atoms with Gasteiger partial charge in [0.15, 0.2) is 0 Å². The van der Waals surface area contributed by atoms with E-state index in [1.807, 2.05) is 31.2 Å². The second-order valence-electron chi connectivity index (χ2n) is 4.11. The zero-order valence-electron chi connectivity index (χ0n) is 10.4. The van der Waals surface area contributed by atoms with Crippen LogP contribution in [0, 0.1) is 6.92 Å². The molecule has 0 aromatic heterocycles. The highest BCUT2D eigenvalue weighted by atomic mass is 16.3. The van der Waals surface area contributed by atoms with Crippen molar-refractivity contribution in [1.29, 1.82) is 0 Å². The predicted octanol–water partition coefficient (Wildman–Crippen LogP) is 0.754. The SMILES string of the molecule is CC(=O)NCCNCC(O)c1ccc(C)cc1. The normalized spacial score (nSPS) is 12.2. The highest BCUT2D eigenvalue weighted by Gasteiger charge is 2.05. The summed E-state index contributed by atoms with van der Waals surface area (Å²) in [6.07, 6.45) is -0.507. The highest BCUT2D eigenvalue weighted by molar-refractivity contribution is 5.72. The molecule has 17 heavy (non-hydrogen) atoms. The summed E-state index contributed by atoms with van der Waals surface area (Å²) < 4.78 is 0. The molecule has 0 fully saturated rings. The van der Waals surface area contributed by atoms with E-state index in [4.69, 9.17) is 0 Å². The van der Waals surface area contributed by atoms with E-state index in [9.17, 15) is 9.90 Å². The standard InChI is InChI=1S/C13H20N2O2/c1-10-3-5-12(6-4-10)13(17)9-14-7-8-15-11(2)16/h3-6,13-14,17H,7-9H2,1-2H3,(H,15,16). The van der Waals surface area contributed by atoms with Gasteiger partial charge >= 0.3 is 0 Å². The molecule has 0 heterocycles. The monoisotopic (exact) mass is 236 g/mol. The van der Waals surface area contributed by atoms with Gasteiger partial charge in [-0.15, -0.1) is 0 Å². The maximum Gasteiger partial charge on any atom is 0.216 e. The summed E-state index contributed by atoms with van der Waals surface area (Å²) in [7, 11) is 0. The predicted molar refractivity (Wildman–Crippen MR) is 67.7 cm³/mol. The third-order valence-electron chi connectivity index (χ3n) is 2.48. The highest BCUT2D eigenvalue weighted by Crippen LogP contribution is 2.12. The summed E-state index contributed by atoms with van der Waals surface area (Å²) in [5, 5.41) is 15.6. The number of nitrogens with one attached hydrogen (secondary N) is 2. The van der Waals surface area contributed by atoms with Crippen LogP contribution in [0.3, 0.4) is 0 Å². The number of hydrogen-bond acceptors (Lipinski definition) is 3. The summed E-state index contributed by atoms with van der Waals surface area (Å²) in [5.74, 6) is -0.0362. The van der Waals surface area contributed by atoms with Gasteiger partial charge in [-0.1, -0.05) is 29.8 Å². The molecule has 0 saturated heterocycles. The Kier molecular flexibility index (Phi) is 5.66. The van der Waals surface area contributed by atoms with Gasteiger partial charge in [-0.25, -0.2) is 0 Å². The van der Waals surface area contributed by atoms with Crippen molar-refractivity contribution in [2.75, 3.05) is 19.6 Å². The molecular formula is C13H20N2O2. The second-order valence-corrected chi connectivity index (χ2v) is 4.11. The van der Waals surface area contributed by atoms with Gasteiger partial charge in [-0.2, -0.15) is 0 Å². The van der Waals surface area contributed by atoms with E-state index in [0.29, 0.717) is 19.6 Å². The smallest absolute Gasteiger partial charge is 0.216 e. The van der Waals surface area contributed by atoms with E-state index in [2.05, 4.69) is 10.6 Å². The number of hydrogen-bond donors (Lipinski definition) is 3. The molecule has 0 radical (unpaired) electrons. The lowest BCUT2D eigenvalue weighted by molar-refractivity contribution is -0.118. The molecule has 1 rings (SSSR count). The van der Waals surface area contributed by atoms with Crippen LogP contribution < -0.4 is 10.6 Å². The zero-order valence-corrected chi connectivity index (χ0v) is 10.4. The average Bonchev–Trinajstić information content (AvgIpc) is 2.29. The molecule has 0 aliphatic heterocycles. The Labute approximate surface area is 102 Å². The van der Waals surface area contributed by atoms with Crippen molar-refractivity contribution in [3.63, 3.8) is 0 Å². The maximum absolute atomic E-state index is 10.6. The van der Waals surface area contributed by atoms with E-state index >= 15 is 0 Å². The van der Waals surface area contributed by atoms with Crippen LogP contribution in [0.4, 0.5) is 0 Å². The molecule has 1 aromatic carbocycles. The lowest BCUT2D eigenvalue weighted by Crippen LogP contribution is -2.32. The lowest BCUT2D eigenvalue weighted by Gasteiger charge is -2.12. The molecule has 0 aliphatic carbocycles. The van der Waals surface area contributed by atoms with Gasteiger partial charge < -0.3 is 15.7 Å². The molecule has 0 aliphatic rings. The van der Waals surface area contributed by atoms with Crippen LogP contribution in [0.25, 0.3) is 0 Å². The van der Waals surface area contributed by atoms with E-state index in [1.165, 1.54) is 12.5 Å². The first-order valence-corrected chi connectivity index (χ1v) is 5.79. The first kappa shape index (κ1) is 13.7. The number of carbonyl (C=O) groups excluding carboxylic acids is 1. The fourth-order valence-corrected chi connectivity index (χ4v) is 1.47. The Hall–Kier alpha value is -1.39. The van der Waals surface area contributed by atoms with E-state index in [0.717, 1.165) is 5.56 Å². The summed E-state index contributed by atoms with van der Waals surface area (Å²) in [4.78, 5) is 10.6. The van der Waals surface area contributed by atoms with Crippen LogP contribution in [-0.4, -0.2) is 30.6 Å². The van der Waals surface area contributed by atoms with E-state index < -0.39 is 6.10 Å². The van der Waals surface area contributed by atoms with Gasteiger partial charge in [0, 0.05) is 26.6 Å². The van der Waals surface area contributed by atoms with Gasteiger partial charge in [0.25, 0.3) is 0 Å². The molecule has 3 N–H and O–H groups in total. The molecule has 1 aromatic rings. The lowest BCUT2D eigenvalue weighted by atomic mass is 10.1. The van der Waals surface area contributed by atoms with Crippen molar-refractivity contribution in [2.45, 2.75) is 20.0 Å². The molecular weight excluding hydrogens is 216 g/mol. The topological polar surface area (TPSA) is 61.4 Å². The van der Waals surface area contributed by atoms with Crippen LogP contribution in [0.15, 0.2) is 24.3 Å². The van der Waals surface area contributed by atoms with Crippen molar-refractivity contribution < 1.29 is 9.90 Å². The minimum Gasteiger partial charge on any atom is -0.387 e. The van der Waals surface area contributed by atoms with Crippen molar-refractivity contribution >= 4 is 5.91 Å². The third kappa shape index (κ3) is 5.47. The van der Waals surface area contributed by atoms with Crippen LogP contribution in [0.1, 0.15) is 24.2 Å². The number of aliphatic hydroxyl groups excluding tert-OH is 1. The van der Waals surface area contributed by atoms with Crippen LogP contribution in [-0.2, 0) is 4.79 Å². The first-order valence-electron chi connectivity index (χ1n) is 5.79. The van der Waals surface area contributed by atoms with Crippen molar-refractivity contribution in [3.8, 4) is 0 Å². The van der Waals surface area contributed by atoms with E-state index in [-0.39, 0.29) is 5.91 Å². The third-order valence-corrected chi connectivity index (χ3v) is 2.48. The number of carbonyl (C=O) groups is 1. The molecule has 4 nitrogen and oxygen atoms in total. The summed E-state index contributed by atoms with van der Waals surface area (Å²) >= 11 is 0. The van der Waals surface area contributed by atoms with Crippen molar-refractivity contribution in [3.05, 3.63) is 35.4 Å². The Morgan fingerprint density at radius 3 is 2.53 bits per heavy atom. The molecule has 1 atom stereocenters. The van der Waals surface area contributed by atoms with Crippen LogP contribution >= 0.6 is 0 Å². The number of aryl methyl sites for hydroxylation is 1. The fourth-order valence-electron chi connectivity index (χ4n) is 1.47. The molecule has 4 heteroatoms. The summed E-state index contributed by atoms with van der Waals surface area (Å²) in [6, 6.07) is 7.82. The molecule has 0 saturated carbocycles. The Morgan fingerprint density at radius 1 is 1.29 bits per heavy atom. The first-order chi connectivity index (χ1) is 8.09. The molecule has 0 bridgehead atoms. The average molecular weight is 236 g/mol. The quantitative estimate of drug-likeness (QED) is 0.639. The van der Waals surface area contributed by atoms with Gasteiger partial charge in [0.1, 0.15) is 0 Å². The molecule has 94 valence electrons. The summed E-state index contributed by atoms with van der Waals surface area (Å²) in [5.41, 5.74) is 2.09. The number of benzene rings is 1. The molecule has 1 unspecified atom stereocenters. The molecule has 0 spiro atoms. The Balaban J connectivity index is 2.23. The zero-order chi connectivity index (χ0) is 12.7. The van der Waals surface area contributed by atoms with Crippen molar-refractivity contribution in [1.82, 2.24) is 10.6 Å². The van der Waals surface area contributed by atoms with E-state index in [1.54, 1.807) is 0 Å². The van der Waals surface area contributed by atoms with Gasteiger partial charge in [0.05, 0.1) is 6.10 Å². The number of aliphatic hydroxyl groups is 1. The largest absolute Gasteiger partial charge is 0.387 e. The van der Waals surface area contributed by atoms with Crippen molar-refractivity contribution in [2.24, 2.45) is 0 Å². The van der Waals surface area contributed by atoms with Gasteiger partial charge in [0.2, 0.25) is 5.91 Å². The minimum absolute atomic E-state index is 0.0362. The van der Waals surface area contributed by atoms with Crippen LogP contribution in [0.5, 0.6) is 0 Å². The summed E-state index contributed by atoms with van der Waals surface area (Å²) in [6.45, 7) is 5.23. The van der Waals surface area contributed by atoms with Gasteiger partial charge in [-0.3, -0.25) is 4.79 Å². The molecule has 1 amide bonds. The van der Waals surface area contributed by atoms with Gasteiger partial charge in [-0.05, 0) is 12.5 Å². The Bertz CT molecular complexity index is 349. The second kappa shape index (κ2) is 7.04.